The second-order valence-electron chi connectivity index (χ2n) is 4.89. The molecule has 0 aliphatic carbocycles. The second-order valence-corrected chi connectivity index (χ2v) is 4.89. The van der Waals surface area contributed by atoms with Gasteiger partial charge in [-0.15, -0.1) is 0 Å². The Kier molecular flexibility index (Phi) is 4.87. The molecule has 0 aromatic carbocycles. The number of piperidine rings is 1. The Morgan fingerprint density at radius 2 is 2.26 bits per heavy atom. The molecule has 2 rings (SSSR count). The highest BCUT2D eigenvalue weighted by atomic mass is 16.5. The molecule has 1 aromatic heterocycles. The number of likely N-dealkylation sites (tertiary alicyclic amines) is 1. The summed E-state index contributed by atoms with van der Waals surface area (Å²) in [4.78, 5) is 18.2. The van der Waals surface area contributed by atoms with Crippen LogP contribution in [0.5, 0.6) is 0 Å². The summed E-state index contributed by atoms with van der Waals surface area (Å²) >= 11 is 0. The van der Waals surface area contributed by atoms with Crippen molar-refractivity contribution in [1.82, 2.24) is 9.88 Å². The Labute approximate surface area is 113 Å². The van der Waals surface area contributed by atoms with Gasteiger partial charge in [-0.2, -0.15) is 0 Å². The first-order valence-electron chi connectivity index (χ1n) is 6.65. The molecule has 2 N–H and O–H groups in total. The monoisotopic (exact) mass is 263 g/mol. The largest absolute Gasteiger partial charge is 0.381 e. The number of nitrogens with zero attached hydrogens (tertiary/aromatic N) is 2. The van der Waals surface area contributed by atoms with Gasteiger partial charge in [-0.3, -0.25) is 9.78 Å². The molecule has 2 unspecified atom stereocenters. The van der Waals surface area contributed by atoms with Crippen molar-refractivity contribution in [3.63, 3.8) is 0 Å². The van der Waals surface area contributed by atoms with Gasteiger partial charge in [-0.1, -0.05) is 0 Å². The number of amides is 1. The van der Waals surface area contributed by atoms with Crippen molar-refractivity contribution < 1.29 is 9.53 Å². The fourth-order valence-electron chi connectivity index (χ4n) is 2.56. The van der Waals surface area contributed by atoms with Gasteiger partial charge in [0.15, 0.2) is 0 Å². The molecule has 2 heterocycles. The van der Waals surface area contributed by atoms with Gasteiger partial charge in [-0.25, -0.2) is 0 Å². The lowest BCUT2D eigenvalue weighted by Crippen LogP contribution is -2.51. The molecule has 0 radical (unpaired) electrons. The Balaban J connectivity index is 1.98. The number of carbonyl (C=O) groups is 1. The lowest BCUT2D eigenvalue weighted by Gasteiger charge is -2.38. The van der Waals surface area contributed by atoms with Gasteiger partial charge in [0.2, 0.25) is 5.91 Å². The summed E-state index contributed by atoms with van der Waals surface area (Å²) < 4.78 is 5.37. The van der Waals surface area contributed by atoms with E-state index < -0.39 is 0 Å². The smallest absolute Gasteiger partial charge is 0.227 e. The predicted molar refractivity (Wildman–Crippen MR) is 72.5 cm³/mol. The number of hydrogen-bond acceptors (Lipinski definition) is 4. The lowest BCUT2D eigenvalue weighted by molar-refractivity contribution is -0.136. The molecular formula is C14H21N3O2. The number of ether oxygens (including phenoxy) is 1. The van der Waals surface area contributed by atoms with E-state index in [9.17, 15) is 4.79 Å². The minimum atomic E-state index is 0.0908. The van der Waals surface area contributed by atoms with E-state index >= 15 is 0 Å². The number of methoxy groups -OCH3 is 1. The first kappa shape index (κ1) is 14.0. The van der Waals surface area contributed by atoms with Crippen LogP contribution in [-0.4, -0.2) is 48.1 Å². The van der Waals surface area contributed by atoms with Crippen LogP contribution in [-0.2, 0) is 16.0 Å². The van der Waals surface area contributed by atoms with E-state index in [2.05, 4.69) is 4.98 Å². The van der Waals surface area contributed by atoms with Gasteiger partial charge < -0.3 is 15.4 Å². The van der Waals surface area contributed by atoms with Crippen LogP contribution in [0, 0.1) is 0 Å². The molecule has 1 aliphatic heterocycles. The highest BCUT2D eigenvalue weighted by molar-refractivity contribution is 5.79. The molecule has 1 saturated heterocycles. The van der Waals surface area contributed by atoms with Gasteiger partial charge in [0.1, 0.15) is 0 Å². The second kappa shape index (κ2) is 6.63. The van der Waals surface area contributed by atoms with Gasteiger partial charge in [0.25, 0.3) is 0 Å². The zero-order valence-corrected chi connectivity index (χ0v) is 11.3. The third-order valence-electron chi connectivity index (χ3n) is 3.70. The quantitative estimate of drug-likeness (QED) is 0.863. The van der Waals surface area contributed by atoms with Gasteiger partial charge in [-0.05, 0) is 30.5 Å². The molecule has 1 aliphatic rings. The maximum absolute atomic E-state index is 12.3. The summed E-state index contributed by atoms with van der Waals surface area (Å²) in [5.74, 6) is 0.135. The highest BCUT2D eigenvalue weighted by Crippen LogP contribution is 2.20. The molecule has 0 spiro atoms. The fourth-order valence-corrected chi connectivity index (χ4v) is 2.56. The van der Waals surface area contributed by atoms with Crippen molar-refractivity contribution in [2.75, 3.05) is 20.2 Å². The molecule has 0 bridgehead atoms. The van der Waals surface area contributed by atoms with E-state index in [-0.39, 0.29) is 18.1 Å². The Bertz CT molecular complexity index is 410. The number of hydrogen-bond donors (Lipinski definition) is 1. The van der Waals surface area contributed by atoms with Crippen LogP contribution < -0.4 is 5.73 Å². The topological polar surface area (TPSA) is 68.5 Å². The van der Waals surface area contributed by atoms with E-state index in [4.69, 9.17) is 10.5 Å². The molecule has 0 saturated carbocycles. The van der Waals surface area contributed by atoms with Crippen LogP contribution >= 0.6 is 0 Å². The predicted octanol–water partition coefficient (Wildman–Crippen LogP) is 0.589. The summed E-state index contributed by atoms with van der Waals surface area (Å²) in [6, 6.07) is 3.84. The average Bonchev–Trinajstić information content (AvgIpc) is 2.47. The number of pyridine rings is 1. The molecule has 5 heteroatoms. The lowest BCUT2D eigenvalue weighted by atomic mass is 9.98. The van der Waals surface area contributed by atoms with Crippen LogP contribution in [0.4, 0.5) is 0 Å². The minimum absolute atomic E-state index is 0.0908. The summed E-state index contributed by atoms with van der Waals surface area (Å²) in [6.45, 7) is 1.21. The Morgan fingerprint density at radius 1 is 1.53 bits per heavy atom. The van der Waals surface area contributed by atoms with Crippen molar-refractivity contribution in [1.29, 1.82) is 0 Å². The molecular weight excluding hydrogens is 242 g/mol. The first-order valence-corrected chi connectivity index (χ1v) is 6.65. The number of rotatable bonds is 4. The summed E-state index contributed by atoms with van der Waals surface area (Å²) in [5.41, 5.74) is 6.77. The van der Waals surface area contributed by atoms with Crippen molar-refractivity contribution in [2.45, 2.75) is 31.4 Å². The standard InChI is InChI=1S/C14H21N3O2/c1-19-13-4-7-17(12(9-13)10-15)14(18)8-11-2-5-16-6-3-11/h2-3,5-6,12-13H,4,7-10,15H2,1H3. The molecule has 104 valence electrons. The number of nitrogens with two attached hydrogens (primary N) is 1. The fraction of sp³-hybridized carbons (Fsp3) is 0.571. The van der Waals surface area contributed by atoms with Crippen LogP contribution in [0.1, 0.15) is 18.4 Å². The van der Waals surface area contributed by atoms with E-state index in [1.807, 2.05) is 17.0 Å². The number of carbonyl (C=O) groups excluding carboxylic acids is 1. The molecule has 5 nitrogen and oxygen atoms in total. The third-order valence-corrected chi connectivity index (χ3v) is 3.70. The maximum atomic E-state index is 12.3. The molecule has 1 aromatic rings. The normalized spacial score (nSPS) is 23.4. The van der Waals surface area contributed by atoms with Crippen LogP contribution in [0.3, 0.4) is 0 Å². The highest BCUT2D eigenvalue weighted by Gasteiger charge is 2.30. The van der Waals surface area contributed by atoms with Crippen LogP contribution in [0.25, 0.3) is 0 Å². The zero-order chi connectivity index (χ0) is 13.7. The average molecular weight is 263 g/mol. The van der Waals surface area contributed by atoms with Crippen molar-refractivity contribution in [2.24, 2.45) is 5.73 Å². The molecule has 1 amide bonds. The molecule has 2 atom stereocenters. The van der Waals surface area contributed by atoms with E-state index in [0.717, 1.165) is 24.9 Å². The maximum Gasteiger partial charge on any atom is 0.227 e. The van der Waals surface area contributed by atoms with Gasteiger partial charge >= 0.3 is 0 Å². The van der Waals surface area contributed by atoms with Gasteiger partial charge in [0.05, 0.1) is 12.5 Å². The van der Waals surface area contributed by atoms with Crippen molar-refractivity contribution in [3.8, 4) is 0 Å². The van der Waals surface area contributed by atoms with Gasteiger partial charge in [0, 0.05) is 38.6 Å². The van der Waals surface area contributed by atoms with Crippen molar-refractivity contribution >= 4 is 5.91 Å². The molecule has 1 fully saturated rings. The van der Waals surface area contributed by atoms with E-state index in [0.29, 0.717) is 13.0 Å². The summed E-state index contributed by atoms with van der Waals surface area (Å²) in [7, 11) is 1.71. The zero-order valence-electron chi connectivity index (χ0n) is 11.3. The van der Waals surface area contributed by atoms with Crippen molar-refractivity contribution in [3.05, 3.63) is 30.1 Å². The third kappa shape index (κ3) is 3.52. The summed E-state index contributed by atoms with van der Waals surface area (Å²) in [5, 5.41) is 0. The first-order chi connectivity index (χ1) is 9.24. The van der Waals surface area contributed by atoms with Crippen LogP contribution in [0.2, 0.25) is 0 Å². The number of aromatic nitrogens is 1. The minimum Gasteiger partial charge on any atom is -0.381 e. The summed E-state index contributed by atoms with van der Waals surface area (Å²) in [6.07, 6.45) is 5.76. The Hall–Kier alpha value is -1.46. The Morgan fingerprint density at radius 3 is 2.89 bits per heavy atom. The van der Waals surface area contributed by atoms with E-state index in [1.54, 1.807) is 19.5 Å². The molecule has 19 heavy (non-hydrogen) atoms. The van der Waals surface area contributed by atoms with E-state index in [1.165, 1.54) is 0 Å². The SMILES string of the molecule is COC1CCN(C(=O)Cc2ccncc2)C(CN)C1. The van der Waals surface area contributed by atoms with Crippen LogP contribution in [0.15, 0.2) is 24.5 Å².